The second-order valence-corrected chi connectivity index (χ2v) is 6.88. The molecule has 0 aromatic heterocycles. The third kappa shape index (κ3) is 4.40. The summed E-state index contributed by atoms with van der Waals surface area (Å²) in [6.07, 6.45) is 1.96. The molecule has 1 heterocycles. The molecule has 4 nitrogen and oxygen atoms in total. The molecule has 2 aromatic rings. The fourth-order valence-corrected chi connectivity index (χ4v) is 3.52. The molecular formula is C21H27N3O. The van der Waals surface area contributed by atoms with Crippen LogP contribution in [0.25, 0.3) is 0 Å². The fourth-order valence-electron chi connectivity index (χ4n) is 3.52. The number of nitrogens with one attached hydrogen (secondary N) is 1. The quantitative estimate of drug-likeness (QED) is 0.911. The average Bonchev–Trinajstić information content (AvgIpc) is 2.64. The smallest absolute Gasteiger partial charge is 0.242 e. The van der Waals surface area contributed by atoms with Crippen molar-refractivity contribution in [2.45, 2.75) is 24.9 Å². The van der Waals surface area contributed by atoms with Crippen LogP contribution in [-0.4, -0.2) is 44.0 Å². The van der Waals surface area contributed by atoms with E-state index in [2.05, 4.69) is 34.5 Å². The lowest BCUT2D eigenvalue weighted by atomic mass is 10.0. The van der Waals surface area contributed by atoms with Crippen molar-refractivity contribution in [2.75, 3.05) is 32.1 Å². The number of likely N-dealkylation sites (N-methyl/N-ethyl adjacent to an activating group) is 1. The molecule has 0 bridgehead atoms. The second-order valence-electron chi connectivity index (χ2n) is 6.88. The van der Waals surface area contributed by atoms with Crippen molar-refractivity contribution in [2.24, 2.45) is 0 Å². The second kappa shape index (κ2) is 8.17. The number of carbonyl (C=O) groups is 1. The van der Waals surface area contributed by atoms with Crippen LogP contribution < -0.4 is 10.2 Å². The average molecular weight is 337 g/mol. The first-order chi connectivity index (χ1) is 12.1. The maximum Gasteiger partial charge on any atom is 0.242 e. The summed E-state index contributed by atoms with van der Waals surface area (Å²) in [4.78, 5) is 17.2. The minimum absolute atomic E-state index is 0.0920. The molecule has 0 spiro atoms. The number of para-hydroxylation sites is 1. The van der Waals surface area contributed by atoms with E-state index < -0.39 is 0 Å². The van der Waals surface area contributed by atoms with E-state index in [9.17, 15) is 4.79 Å². The summed E-state index contributed by atoms with van der Waals surface area (Å²) in [7, 11) is 3.91. The van der Waals surface area contributed by atoms with E-state index in [-0.39, 0.29) is 18.0 Å². The first kappa shape index (κ1) is 17.5. The molecule has 1 fully saturated rings. The summed E-state index contributed by atoms with van der Waals surface area (Å²) < 4.78 is 0. The minimum Gasteiger partial charge on any atom is -0.371 e. The van der Waals surface area contributed by atoms with Gasteiger partial charge in [-0.3, -0.25) is 9.69 Å². The number of carbonyl (C=O) groups excluding carboxylic acids is 1. The Balaban J connectivity index is 1.58. The summed E-state index contributed by atoms with van der Waals surface area (Å²) in [5.74, 6) is 0.0920. The van der Waals surface area contributed by atoms with Gasteiger partial charge in [0.1, 0.15) is 6.04 Å². The van der Waals surface area contributed by atoms with E-state index >= 15 is 0 Å². The third-order valence-corrected chi connectivity index (χ3v) is 4.84. The highest BCUT2D eigenvalue weighted by atomic mass is 16.2. The molecule has 0 radical (unpaired) electrons. The Morgan fingerprint density at radius 1 is 1.00 bits per heavy atom. The lowest BCUT2D eigenvalue weighted by Gasteiger charge is -2.35. The molecule has 1 saturated heterocycles. The molecule has 2 aromatic carbocycles. The van der Waals surface area contributed by atoms with Crippen molar-refractivity contribution in [1.82, 2.24) is 10.2 Å². The highest BCUT2D eigenvalue weighted by molar-refractivity contribution is 5.83. The Morgan fingerprint density at radius 3 is 2.12 bits per heavy atom. The first-order valence-electron chi connectivity index (χ1n) is 8.97. The molecule has 132 valence electrons. The molecule has 1 aliphatic heterocycles. The zero-order chi connectivity index (χ0) is 17.6. The molecule has 0 saturated carbocycles. The highest BCUT2D eigenvalue weighted by Crippen LogP contribution is 2.22. The molecular weight excluding hydrogens is 310 g/mol. The van der Waals surface area contributed by atoms with Gasteiger partial charge in [-0.15, -0.1) is 0 Å². The molecule has 1 N–H and O–H groups in total. The van der Waals surface area contributed by atoms with Crippen molar-refractivity contribution in [3.05, 3.63) is 66.2 Å². The Hall–Kier alpha value is -2.33. The number of amides is 1. The summed E-state index contributed by atoms with van der Waals surface area (Å²) in [6.45, 7) is 1.96. The zero-order valence-electron chi connectivity index (χ0n) is 15.1. The molecule has 4 heteroatoms. The number of benzene rings is 2. The van der Waals surface area contributed by atoms with E-state index in [1.165, 1.54) is 5.69 Å². The predicted octanol–water partition coefficient (Wildman–Crippen LogP) is 3.07. The van der Waals surface area contributed by atoms with Gasteiger partial charge < -0.3 is 10.2 Å². The summed E-state index contributed by atoms with van der Waals surface area (Å²) in [5.41, 5.74) is 2.30. The molecule has 25 heavy (non-hydrogen) atoms. The fraction of sp³-hybridized carbons (Fsp3) is 0.381. The normalized spacial score (nSPS) is 16.7. The van der Waals surface area contributed by atoms with Crippen molar-refractivity contribution in [3.8, 4) is 0 Å². The van der Waals surface area contributed by atoms with Gasteiger partial charge in [-0.05, 0) is 44.6 Å². The molecule has 1 aliphatic rings. The highest BCUT2D eigenvalue weighted by Gasteiger charge is 2.27. The SMILES string of the molecule is CN(C)[C@H](C(=O)NC1CCN(c2ccccc2)CC1)c1ccccc1. The van der Waals surface area contributed by atoms with Gasteiger partial charge in [0.2, 0.25) is 5.91 Å². The standard InChI is InChI=1S/C21H27N3O/c1-23(2)20(17-9-5-3-6-10-17)21(25)22-18-13-15-24(16-14-18)19-11-7-4-8-12-19/h3-12,18,20H,13-16H2,1-2H3,(H,22,25)/t20-/m0/s1. The molecule has 1 atom stereocenters. The van der Waals surface area contributed by atoms with E-state index in [0.717, 1.165) is 31.5 Å². The van der Waals surface area contributed by atoms with Crippen LogP contribution in [0.15, 0.2) is 60.7 Å². The number of rotatable bonds is 5. The largest absolute Gasteiger partial charge is 0.371 e. The van der Waals surface area contributed by atoms with Crippen LogP contribution in [0.2, 0.25) is 0 Å². The van der Waals surface area contributed by atoms with Crippen molar-refractivity contribution in [3.63, 3.8) is 0 Å². The minimum atomic E-state index is -0.242. The van der Waals surface area contributed by atoms with E-state index in [0.29, 0.717) is 0 Å². The van der Waals surface area contributed by atoms with Crippen molar-refractivity contribution in [1.29, 1.82) is 0 Å². The van der Waals surface area contributed by atoms with Gasteiger partial charge >= 0.3 is 0 Å². The molecule has 3 rings (SSSR count). The monoisotopic (exact) mass is 337 g/mol. The topological polar surface area (TPSA) is 35.6 Å². The van der Waals surface area contributed by atoms with Gasteiger partial charge in [0.15, 0.2) is 0 Å². The number of anilines is 1. The third-order valence-electron chi connectivity index (χ3n) is 4.84. The van der Waals surface area contributed by atoms with Crippen molar-refractivity contribution >= 4 is 11.6 Å². The maximum absolute atomic E-state index is 12.8. The molecule has 1 amide bonds. The van der Waals surface area contributed by atoms with Crippen LogP contribution in [0.3, 0.4) is 0 Å². The van der Waals surface area contributed by atoms with Gasteiger partial charge in [-0.2, -0.15) is 0 Å². The molecule has 0 aliphatic carbocycles. The van der Waals surface area contributed by atoms with Crippen LogP contribution in [-0.2, 0) is 4.79 Å². The van der Waals surface area contributed by atoms with Crippen LogP contribution in [0.5, 0.6) is 0 Å². The van der Waals surface area contributed by atoms with Crippen LogP contribution in [0.1, 0.15) is 24.4 Å². The van der Waals surface area contributed by atoms with Gasteiger partial charge in [0.25, 0.3) is 0 Å². The Bertz CT molecular complexity index is 664. The van der Waals surface area contributed by atoms with Crippen molar-refractivity contribution < 1.29 is 4.79 Å². The lowest BCUT2D eigenvalue weighted by molar-refractivity contribution is -0.126. The number of nitrogens with zero attached hydrogens (tertiary/aromatic N) is 2. The van der Waals surface area contributed by atoms with E-state index in [1.807, 2.05) is 55.4 Å². The lowest BCUT2D eigenvalue weighted by Crippen LogP contribution is -2.47. The Morgan fingerprint density at radius 2 is 1.56 bits per heavy atom. The Labute approximate surface area is 150 Å². The van der Waals surface area contributed by atoms with Crippen LogP contribution >= 0.6 is 0 Å². The maximum atomic E-state index is 12.8. The van der Waals surface area contributed by atoms with E-state index in [4.69, 9.17) is 0 Å². The number of piperidine rings is 1. The zero-order valence-corrected chi connectivity index (χ0v) is 15.1. The summed E-state index contributed by atoms with van der Waals surface area (Å²) >= 11 is 0. The summed E-state index contributed by atoms with van der Waals surface area (Å²) in [6, 6.07) is 20.5. The van der Waals surface area contributed by atoms with Crippen LogP contribution in [0, 0.1) is 0 Å². The number of hydrogen-bond acceptors (Lipinski definition) is 3. The van der Waals surface area contributed by atoms with E-state index in [1.54, 1.807) is 0 Å². The van der Waals surface area contributed by atoms with Gasteiger partial charge in [0, 0.05) is 24.8 Å². The van der Waals surface area contributed by atoms with Gasteiger partial charge in [0.05, 0.1) is 0 Å². The van der Waals surface area contributed by atoms with Gasteiger partial charge in [-0.25, -0.2) is 0 Å². The summed E-state index contributed by atoms with van der Waals surface area (Å²) in [5, 5.41) is 3.26. The van der Waals surface area contributed by atoms with Crippen LogP contribution in [0.4, 0.5) is 5.69 Å². The predicted molar refractivity (Wildman–Crippen MR) is 103 cm³/mol. The first-order valence-corrected chi connectivity index (χ1v) is 8.97. The van der Waals surface area contributed by atoms with Gasteiger partial charge in [-0.1, -0.05) is 48.5 Å². The molecule has 0 unspecified atom stereocenters. The number of hydrogen-bond donors (Lipinski definition) is 1. The Kier molecular flexibility index (Phi) is 5.71.